The average molecular weight is 575 g/mol. The van der Waals surface area contributed by atoms with Crippen LogP contribution in [-0.2, 0) is 29.0 Å². The first kappa shape index (κ1) is 32.0. The summed E-state index contributed by atoms with van der Waals surface area (Å²) in [6, 6.07) is 9.34. The monoisotopic (exact) mass is 574 g/mol. The topological polar surface area (TPSA) is 113 Å². The van der Waals surface area contributed by atoms with Gasteiger partial charge in [0.05, 0.1) is 31.8 Å². The second-order valence-electron chi connectivity index (χ2n) is 10.5. The quantitative estimate of drug-likeness (QED) is 0.320. The van der Waals surface area contributed by atoms with Gasteiger partial charge in [0.25, 0.3) is 0 Å². The van der Waals surface area contributed by atoms with Crippen LogP contribution in [0.25, 0.3) is 0 Å². The van der Waals surface area contributed by atoms with E-state index in [0.717, 1.165) is 53.5 Å². The number of benzene rings is 2. The normalized spacial score (nSPS) is 15.4. The van der Waals surface area contributed by atoms with Crippen LogP contribution in [0.1, 0.15) is 43.4 Å². The van der Waals surface area contributed by atoms with Crippen molar-refractivity contribution in [2.45, 2.75) is 58.2 Å². The molecule has 0 saturated carbocycles. The zero-order valence-corrected chi connectivity index (χ0v) is 23.7. The molecule has 11 heteroatoms. The number of aryl methyl sites for hydroxylation is 1. The number of amides is 3. The summed E-state index contributed by atoms with van der Waals surface area (Å²) >= 11 is 0. The first-order valence-corrected chi connectivity index (χ1v) is 14.1. The molecule has 2 atom stereocenters. The fourth-order valence-electron chi connectivity index (χ4n) is 4.93. The fraction of sp³-hybridized carbons (Fsp3) is 0.500. The van der Waals surface area contributed by atoms with Crippen LogP contribution >= 0.6 is 0 Å². The van der Waals surface area contributed by atoms with Crippen molar-refractivity contribution in [2.24, 2.45) is 0 Å². The number of aliphatic hydroxyl groups is 1. The van der Waals surface area contributed by atoms with Crippen molar-refractivity contribution in [1.29, 1.82) is 0 Å². The van der Waals surface area contributed by atoms with Gasteiger partial charge in [0.1, 0.15) is 11.6 Å². The van der Waals surface area contributed by atoms with E-state index in [9.17, 15) is 33.4 Å². The Morgan fingerprint density at radius 2 is 1.76 bits per heavy atom. The molecule has 1 fully saturated rings. The predicted molar refractivity (Wildman–Crippen MR) is 150 cm³/mol. The summed E-state index contributed by atoms with van der Waals surface area (Å²) in [6.45, 7) is 5.38. The Hall–Kier alpha value is -3.57. The molecule has 1 aliphatic rings. The van der Waals surface area contributed by atoms with Gasteiger partial charge in [0.2, 0.25) is 11.8 Å². The van der Waals surface area contributed by atoms with Crippen molar-refractivity contribution >= 4 is 17.9 Å². The molecular weight excluding hydrogens is 534 g/mol. The molecule has 2 aromatic carbocycles. The van der Waals surface area contributed by atoms with E-state index in [0.29, 0.717) is 19.6 Å². The van der Waals surface area contributed by atoms with Crippen LogP contribution in [0.5, 0.6) is 0 Å². The molecule has 3 amide bonds. The van der Waals surface area contributed by atoms with Gasteiger partial charge in [-0.05, 0) is 48.1 Å². The molecule has 2 unspecified atom stereocenters. The Labute approximate surface area is 239 Å². The second kappa shape index (κ2) is 15.4. The average Bonchev–Trinajstić information content (AvgIpc) is 2.91. The lowest BCUT2D eigenvalue weighted by Gasteiger charge is -2.34. The molecule has 224 valence electrons. The Bertz CT molecular complexity index is 1180. The first-order chi connectivity index (χ1) is 19.6. The molecule has 0 radical (unpaired) electrons. The molecule has 1 saturated heterocycles. The van der Waals surface area contributed by atoms with E-state index in [1.54, 1.807) is 15.9 Å². The molecule has 0 aromatic heterocycles. The number of carbonyl (C=O) groups is 3. The summed E-state index contributed by atoms with van der Waals surface area (Å²) in [7, 11) is 0. The second-order valence-corrected chi connectivity index (χ2v) is 10.5. The van der Waals surface area contributed by atoms with Crippen LogP contribution in [0.15, 0.2) is 42.5 Å². The van der Waals surface area contributed by atoms with E-state index in [1.165, 1.54) is 0 Å². The highest BCUT2D eigenvalue weighted by Gasteiger charge is 2.29. The number of aliphatic hydroxyl groups excluding tert-OH is 1. The van der Waals surface area contributed by atoms with Crippen molar-refractivity contribution < 1.29 is 33.4 Å². The number of nitrogens with zero attached hydrogens (tertiary/aromatic N) is 3. The SMILES string of the molecule is CCCCN1CCN(CC(=O)NC(Cc2cc(F)cc(F)c2)C(O)CN(Cc2cccc(CC)c2)C(=O)O)CC1=O. The standard InChI is InChI=1S/C30H40F2N4O5/c1-3-5-9-35-11-10-34(20-29(35)39)19-28(38)33-26(15-23-13-24(31)16-25(32)14-23)27(37)18-36(30(40)41)17-22-8-6-7-21(4-2)12-22/h6-8,12-14,16,26-27,37H,3-5,9-11,15,17-20H2,1-2H3,(H,33,38)(H,40,41). The van der Waals surface area contributed by atoms with Crippen molar-refractivity contribution in [3.05, 3.63) is 70.8 Å². The summed E-state index contributed by atoms with van der Waals surface area (Å²) in [5, 5.41) is 23.7. The van der Waals surface area contributed by atoms with E-state index in [4.69, 9.17) is 0 Å². The van der Waals surface area contributed by atoms with Gasteiger partial charge in [0, 0.05) is 32.2 Å². The zero-order chi connectivity index (χ0) is 29.9. The van der Waals surface area contributed by atoms with Gasteiger partial charge in [0.15, 0.2) is 0 Å². The molecule has 0 spiro atoms. The van der Waals surface area contributed by atoms with E-state index in [1.807, 2.05) is 32.0 Å². The number of carbonyl (C=O) groups excluding carboxylic acids is 2. The van der Waals surface area contributed by atoms with Crippen molar-refractivity contribution in [3.63, 3.8) is 0 Å². The fourth-order valence-corrected chi connectivity index (χ4v) is 4.93. The number of hydrogen-bond acceptors (Lipinski definition) is 5. The molecule has 3 N–H and O–H groups in total. The number of hydrogen-bond donors (Lipinski definition) is 3. The largest absolute Gasteiger partial charge is 0.465 e. The predicted octanol–water partition coefficient (Wildman–Crippen LogP) is 3.04. The van der Waals surface area contributed by atoms with Crippen molar-refractivity contribution in [2.75, 3.05) is 39.3 Å². The molecular formula is C30H40F2N4O5. The maximum absolute atomic E-state index is 13.9. The zero-order valence-electron chi connectivity index (χ0n) is 23.7. The minimum Gasteiger partial charge on any atom is -0.465 e. The molecule has 2 aromatic rings. The maximum Gasteiger partial charge on any atom is 0.407 e. The molecule has 9 nitrogen and oxygen atoms in total. The molecule has 0 aliphatic carbocycles. The Morgan fingerprint density at radius 1 is 1.05 bits per heavy atom. The lowest BCUT2D eigenvalue weighted by Crippen LogP contribution is -2.55. The third-order valence-corrected chi connectivity index (χ3v) is 7.19. The van der Waals surface area contributed by atoms with Gasteiger partial charge in [-0.1, -0.05) is 44.5 Å². The van der Waals surface area contributed by atoms with E-state index in [2.05, 4.69) is 5.32 Å². The van der Waals surface area contributed by atoms with Crippen LogP contribution < -0.4 is 5.32 Å². The van der Waals surface area contributed by atoms with Gasteiger partial charge < -0.3 is 25.3 Å². The smallest absolute Gasteiger partial charge is 0.407 e. The number of nitrogens with one attached hydrogen (secondary N) is 1. The number of piperazine rings is 1. The molecule has 0 bridgehead atoms. The van der Waals surface area contributed by atoms with Crippen LogP contribution in [-0.4, -0.2) is 94.2 Å². The van der Waals surface area contributed by atoms with E-state index in [-0.39, 0.29) is 44.1 Å². The summed E-state index contributed by atoms with van der Waals surface area (Å²) in [6.07, 6.45) is -0.121. The van der Waals surface area contributed by atoms with Gasteiger partial charge in [-0.25, -0.2) is 13.6 Å². The lowest BCUT2D eigenvalue weighted by molar-refractivity contribution is -0.137. The maximum atomic E-state index is 13.9. The highest BCUT2D eigenvalue weighted by atomic mass is 19.1. The van der Waals surface area contributed by atoms with Crippen LogP contribution in [0.3, 0.4) is 0 Å². The lowest BCUT2D eigenvalue weighted by atomic mass is 10.00. The molecule has 1 aliphatic heterocycles. The highest BCUT2D eigenvalue weighted by molar-refractivity contribution is 5.82. The number of rotatable bonds is 14. The van der Waals surface area contributed by atoms with Gasteiger partial charge >= 0.3 is 6.09 Å². The van der Waals surface area contributed by atoms with Gasteiger partial charge in [-0.3, -0.25) is 14.5 Å². The number of unbranched alkanes of at least 4 members (excludes halogenated alkanes) is 1. The third kappa shape index (κ3) is 10.1. The summed E-state index contributed by atoms with van der Waals surface area (Å²) in [5.41, 5.74) is 1.98. The summed E-state index contributed by atoms with van der Waals surface area (Å²) < 4.78 is 27.8. The van der Waals surface area contributed by atoms with Crippen LogP contribution in [0.4, 0.5) is 13.6 Å². The molecule has 3 rings (SSSR count). The Kier molecular flexibility index (Phi) is 12.0. The van der Waals surface area contributed by atoms with Crippen LogP contribution in [0.2, 0.25) is 0 Å². The van der Waals surface area contributed by atoms with Crippen molar-refractivity contribution in [3.8, 4) is 0 Å². The van der Waals surface area contributed by atoms with Crippen LogP contribution in [0, 0.1) is 11.6 Å². The Balaban J connectivity index is 1.71. The number of carboxylic acid groups (broad SMARTS) is 1. The first-order valence-electron chi connectivity index (χ1n) is 14.1. The number of halogens is 2. The van der Waals surface area contributed by atoms with E-state index >= 15 is 0 Å². The Morgan fingerprint density at radius 3 is 2.39 bits per heavy atom. The van der Waals surface area contributed by atoms with Gasteiger partial charge in [-0.15, -0.1) is 0 Å². The summed E-state index contributed by atoms with van der Waals surface area (Å²) in [5.74, 6) is -2.16. The van der Waals surface area contributed by atoms with Gasteiger partial charge in [-0.2, -0.15) is 0 Å². The van der Waals surface area contributed by atoms with E-state index < -0.39 is 35.8 Å². The molecule has 41 heavy (non-hydrogen) atoms. The minimum absolute atomic E-state index is 0.0138. The molecule has 1 heterocycles. The highest BCUT2D eigenvalue weighted by Crippen LogP contribution is 2.15. The summed E-state index contributed by atoms with van der Waals surface area (Å²) in [4.78, 5) is 42.1. The van der Waals surface area contributed by atoms with Crippen molar-refractivity contribution in [1.82, 2.24) is 20.0 Å². The minimum atomic E-state index is -1.39. The third-order valence-electron chi connectivity index (χ3n) is 7.19.